The van der Waals surface area contributed by atoms with E-state index >= 15 is 0 Å². The smallest absolute Gasteiger partial charge is 0.312 e. The van der Waals surface area contributed by atoms with Crippen molar-refractivity contribution in [1.82, 2.24) is 0 Å². The van der Waals surface area contributed by atoms with E-state index in [1.165, 1.54) is 0 Å². The van der Waals surface area contributed by atoms with Gasteiger partial charge in [-0.25, -0.2) is 0 Å². The van der Waals surface area contributed by atoms with Crippen LogP contribution in [0.3, 0.4) is 0 Å². The van der Waals surface area contributed by atoms with Crippen LogP contribution in [-0.4, -0.2) is 6.61 Å². The first-order chi connectivity index (χ1) is 10.9. The molecule has 0 aliphatic rings. The van der Waals surface area contributed by atoms with E-state index in [1.54, 1.807) is 0 Å². The minimum absolute atomic E-state index is 0.507. The van der Waals surface area contributed by atoms with Crippen molar-refractivity contribution >= 4 is 8.60 Å². The standard InChI is InChI=1S/C18H23O3P/c1-2-3-14-19-22(20-15-17-10-6-4-7-11-17)21-16-18-12-8-5-9-13-18/h4-13H,2-3,14-16H2,1H3. The fraction of sp³-hybridized carbons (Fsp3) is 0.333. The molecule has 0 spiro atoms. The summed E-state index contributed by atoms with van der Waals surface area (Å²) in [7, 11) is -1.32. The summed E-state index contributed by atoms with van der Waals surface area (Å²) in [5.74, 6) is 0. The molecule has 0 aliphatic heterocycles. The van der Waals surface area contributed by atoms with Crippen molar-refractivity contribution in [3.8, 4) is 0 Å². The normalized spacial score (nSPS) is 11.0. The summed E-state index contributed by atoms with van der Waals surface area (Å²) in [6.07, 6.45) is 2.11. The van der Waals surface area contributed by atoms with E-state index in [9.17, 15) is 0 Å². The zero-order valence-electron chi connectivity index (χ0n) is 13.0. The van der Waals surface area contributed by atoms with Crippen molar-refractivity contribution in [1.29, 1.82) is 0 Å². The van der Waals surface area contributed by atoms with E-state index in [1.807, 2.05) is 60.7 Å². The molecular formula is C18H23O3P. The highest BCUT2D eigenvalue weighted by Gasteiger charge is 2.13. The van der Waals surface area contributed by atoms with Gasteiger partial charge in [0.1, 0.15) is 0 Å². The average molecular weight is 318 g/mol. The van der Waals surface area contributed by atoms with Gasteiger partial charge in [-0.05, 0) is 17.5 Å². The second-order valence-electron chi connectivity index (χ2n) is 4.93. The molecule has 0 saturated carbocycles. The first kappa shape index (κ1) is 17.1. The lowest BCUT2D eigenvalue weighted by Gasteiger charge is -2.17. The van der Waals surface area contributed by atoms with E-state index in [2.05, 4.69) is 6.92 Å². The Morgan fingerprint density at radius 3 is 1.68 bits per heavy atom. The average Bonchev–Trinajstić information content (AvgIpc) is 2.59. The van der Waals surface area contributed by atoms with E-state index in [0.717, 1.165) is 24.0 Å². The number of unbranched alkanes of at least 4 members (excludes halogenated alkanes) is 1. The number of hydrogen-bond donors (Lipinski definition) is 0. The topological polar surface area (TPSA) is 27.7 Å². The van der Waals surface area contributed by atoms with Crippen LogP contribution in [0.2, 0.25) is 0 Å². The molecule has 3 nitrogen and oxygen atoms in total. The Morgan fingerprint density at radius 2 is 1.23 bits per heavy atom. The Balaban J connectivity index is 1.82. The maximum Gasteiger partial charge on any atom is 0.333 e. The molecule has 118 valence electrons. The Bertz CT molecular complexity index is 461. The molecule has 2 rings (SSSR count). The predicted molar refractivity (Wildman–Crippen MR) is 90.2 cm³/mol. The van der Waals surface area contributed by atoms with Crippen LogP contribution < -0.4 is 0 Å². The van der Waals surface area contributed by atoms with Crippen LogP contribution in [0.5, 0.6) is 0 Å². The maximum absolute atomic E-state index is 5.82. The third-order valence-electron chi connectivity index (χ3n) is 3.05. The Labute approximate surface area is 134 Å². The molecule has 4 heteroatoms. The minimum Gasteiger partial charge on any atom is -0.312 e. The molecule has 0 radical (unpaired) electrons. The summed E-state index contributed by atoms with van der Waals surface area (Å²) in [6.45, 7) is 3.83. The Hall–Kier alpha value is -1.25. The van der Waals surface area contributed by atoms with E-state index in [0.29, 0.717) is 19.8 Å². The molecule has 0 amide bonds. The van der Waals surface area contributed by atoms with Crippen LogP contribution in [0.1, 0.15) is 30.9 Å². The summed E-state index contributed by atoms with van der Waals surface area (Å²) in [4.78, 5) is 0. The lowest BCUT2D eigenvalue weighted by atomic mass is 10.2. The Morgan fingerprint density at radius 1 is 0.727 bits per heavy atom. The van der Waals surface area contributed by atoms with Crippen LogP contribution in [0.15, 0.2) is 60.7 Å². The predicted octanol–water partition coefficient (Wildman–Crippen LogP) is 5.46. The molecule has 2 aromatic rings. The molecular weight excluding hydrogens is 295 g/mol. The van der Waals surface area contributed by atoms with Crippen LogP contribution in [-0.2, 0) is 26.8 Å². The van der Waals surface area contributed by atoms with Gasteiger partial charge in [-0.3, -0.25) is 0 Å². The van der Waals surface area contributed by atoms with Gasteiger partial charge < -0.3 is 13.6 Å². The van der Waals surface area contributed by atoms with Gasteiger partial charge >= 0.3 is 8.60 Å². The van der Waals surface area contributed by atoms with Crippen molar-refractivity contribution in [2.45, 2.75) is 33.0 Å². The van der Waals surface area contributed by atoms with Gasteiger partial charge in [-0.15, -0.1) is 0 Å². The first-order valence-electron chi connectivity index (χ1n) is 7.65. The number of hydrogen-bond acceptors (Lipinski definition) is 3. The third kappa shape index (κ3) is 6.67. The van der Waals surface area contributed by atoms with Crippen molar-refractivity contribution in [2.75, 3.05) is 6.61 Å². The zero-order chi connectivity index (χ0) is 15.5. The van der Waals surface area contributed by atoms with Gasteiger partial charge in [0.2, 0.25) is 0 Å². The quantitative estimate of drug-likeness (QED) is 0.430. The molecule has 0 fully saturated rings. The molecule has 0 bridgehead atoms. The molecule has 0 atom stereocenters. The lowest BCUT2D eigenvalue weighted by molar-refractivity contribution is 0.148. The summed E-state index contributed by atoms with van der Waals surface area (Å²) in [6, 6.07) is 20.2. The summed E-state index contributed by atoms with van der Waals surface area (Å²) >= 11 is 0. The molecule has 0 aromatic heterocycles. The van der Waals surface area contributed by atoms with Gasteiger partial charge in [0.15, 0.2) is 0 Å². The molecule has 0 N–H and O–H groups in total. The van der Waals surface area contributed by atoms with Crippen LogP contribution >= 0.6 is 8.60 Å². The van der Waals surface area contributed by atoms with Gasteiger partial charge in [0.05, 0.1) is 19.8 Å². The zero-order valence-corrected chi connectivity index (χ0v) is 13.9. The molecule has 0 unspecified atom stereocenters. The fourth-order valence-corrected chi connectivity index (χ4v) is 2.81. The number of benzene rings is 2. The summed E-state index contributed by atoms with van der Waals surface area (Å²) in [5, 5.41) is 0. The summed E-state index contributed by atoms with van der Waals surface area (Å²) < 4.78 is 17.4. The van der Waals surface area contributed by atoms with E-state index in [-0.39, 0.29) is 0 Å². The monoisotopic (exact) mass is 318 g/mol. The third-order valence-corrected chi connectivity index (χ3v) is 4.13. The molecule has 0 aliphatic carbocycles. The van der Waals surface area contributed by atoms with Crippen molar-refractivity contribution in [3.05, 3.63) is 71.8 Å². The van der Waals surface area contributed by atoms with Crippen LogP contribution in [0.4, 0.5) is 0 Å². The molecule has 22 heavy (non-hydrogen) atoms. The molecule has 2 aromatic carbocycles. The second kappa shape index (κ2) is 10.5. The highest BCUT2D eigenvalue weighted by molar-refractivity contribution is 7.41. The van der Waals surface area contributed by atoms with Crippen LogP contribution in [0, 0.1) is 0 Å². The fourth-order valence-electron chi connectivity index (χ4n) is 1.80. The minimum atomic E-state index is -1.32. The van der Waals surface area contributed by atoms with Gasteiger partial charge in [-0.1, -0.05) is 74.0 Å². The molecule has 0 saturated heterocycles. The maximum atomic E-state index is 5.82. The highest BCUT2D eigenvalue weighted by atomic mass is 31.2. The van der Waals surface area contributed by atoms with E-state index < -0.39 is 8.60 Å². The largest absolute Gasteiger partial charge is 0.333 e. The number of rotatable bonds is 10. The summed E-state index contributed by atoms with van der Waals surface area (Å²) in [5.41, 5.74) is 2.25. The first-order valence-corrected chi connectivity index (χ1v) is 8.74. The van der Waals surface area contributed by atoms with Gasteiger partial charge in [-0.2, -0.15) is 0 Å². The lowest BCUT2D eigenvalue weighted by Crippen LogP contribution is -1.98. The molecule has 0 heterocycles. The Kier molecular flexibility index (Phi) is 8.14. The van der Waals surface area contributed by atoms with Gasteiger partial charge in [0, 0.05) is 0 Å². The van der Waals surface area contributed by atoms with Crippen molar-refractivity contribution < 1.29 is 13.6 Å². The van der Waals surface area contributed by atoms with Gasteiger partial charge in [0.25, 0.3) is 0 Å². The van der Waals surface area contributed by atoms with E-state index in [4.69, 9.17) is 13.6 Å². The highest BCUT2D eigenvalue weighted by Crippen LogP contribution is 2.41. The van der Waals surface area contributed by atoms with Crippen LogP contribution in [0.25, 0.3) is 0 Å². The van der Waals surface area contributed by atoms with Crippen molar-refractivity contribution in [2.24, 2.45) is 0 Å². The SMILES string of the molecule is CCCCOP(OCc1ccccc1)OCc1ccccc1. The van der Waals surface area contributed by atoms with Crippen molar-refractivity contribution in [3.63, 3.8) is 0 Å². The second-order valence-corrected chi connectivity index (χ2v) is 6.15.